The van der Waals surface area contributed by atoms with E-state index < -0.39 is 17.8 Å². The van der Waals surface area contributed by atoms with Gasteiger partial charge in [-0.1, -0.05) is 48.4 Å². The average Bonchev–Trinajstić information content (AvgIpc) is 2.53. The minimum atomic E-state index is -1.22. The lowest BCUT2D eigenvalue weighted by Crippen LogP contribution is -2.40. The second-order valence-electron chi connectivity index (χ2n) is 6.38. The molecular weight excluding hydrogens is 429 g/mol. The van der Waals surface area contributed by atoms with Gasteiger partial charge in [0.1, 0.15) is 0 Å². The zero-order valence-electron chi connectivity index (χ0n) is 14.5. The van der Waals surface area contributed by atoms with Crippen LogP contribution in [-0.2, 0) is 16.0 Å². The van der Waals surface area contributed by atoms with Crippen LogP contribution >= 0.6 is 22.6 Å². The van der Waals surface area contributed by atoms with Gasteiger partial charge < -0.3 is 15.2 Å². The zero-order valence-corrected chi connectivity index (χ0v) is 16.7. The van der Waals surface area contributed by atoms with Crippen LogP contribution in [0.4, 0.5) is 5.69 Å². The molecular formula is C20H21INO3-. The fourth-order valence-corrected chi connectivity index (χ4v) is 3.41. The third-order valence-electron chi connectivity index (χ3n) is 4.18. The van der Waals surface area contributed by atoms with Gasteiger partial charge in [-0.05, 0) is 60.6 Å². The zero-order chi connectivity index (χ0) is 18.6. The Bertz CT molecular complexity index is 768. The molecule has 0 aromatic heterocycles. The number of carbonyl (C=O) groups excluding carboxylic acids is 2. The van der Waals surface area contributed by atoms with E-state index in [0.717, 1.165) is 20.3 Å². The summed E-state index contributed by atoms with van der Waals surface area (Å²) in [5.74, 6) is -3.11. The highest BCUT2D eigenvalue weighted by Crippen LogP contribution is 2.23. The van der Waals surface area contributed by atoms with Gasteiger partial charge in [-0.2, -0.15) is 0 Å². The number of para-hydroxylation sites is 1. The monoisotopic (exact) mass is 450 g/mol. The van der Waals surface area contributed by atoms with E-state index in [4.69, 9.17) is 0 Å². The van der Waals surface area contributed by atoms with E-state index in [9.17, 15) is 14.7 Å². The van der Waals surface area contributed by atoms with E-state index in [2.05, 4.69) is 27.9 Å². The van der Waals surface area contributed by atoms with Crippen molar-refractivity contribution in [2.45, 2.75) is 27.2 Å². The number of hydrogen-bond acceptors (Lipinski definition) is 3. The molecule has 0 heterocycles. The van der Waals surface area contributed by atoms with Crippen molar-refractivity contribution in [1.29, 1.82) is 0 Å². The van der Waals surface area contributed by atoms with E-state index in [1.54, 1.807) is 6.07 Å². The van der Waals surface area contributed by atoms with Crippen LogP contribution in [0.15, 0.2) is 42.5 Å². The lowest BCUT2D eigenvalue weighted by molar-refractivity contribution is -0.312. The van der Waals surface area contributed by atoms with E-state index in [-0.39, 0.29) is 5.91 Å². The minimum absolute atomic E-state index is 0.306. The molecule has 0 fully saturated rings. The number of rotatable bonds is 6. The Morgan fingerprint density at radius 3 is 2.28 bits per heavy atom. The third kappa shape index (κ3) is 5.29. The summed E-state index contributed by atoms with van der Waals surface area (Å²) < 4.78 is 0.903. The Hall–Kier alpha value is -1.89. The molecule has 0 unspecified atom stereocenters. The highest BCUT2D eigenvalue weighted by Gasteiger charge is 2.27. The molecule has 0 spiro atoms. The maximum absolute atomic E-state index is 12.8. The molecule has 132 valence electrons. The molecule has 0 aliphatic heterocycles. The first-order chi connectivity index (χ1) is 11.8. The number of nitrogens with one attached hydrogen (secondary N) is 1. The summed E-state index contributed by atoms with van der Waals surface area (Å²) in [5.41, 5.74) is 3.82. The van der Waals surface area contributed by atoms with Gasteiger partial charge in [0.2, 0.25) is 5.91 Å². The largest absolute Gasteiger partial charge is 0.550 e. The lowest BCUT2D eigenvalue weighted by atomic mass is 9.86. The van der Waals surface area contributed by atoms with Gasteiger partial charge >= 0.3 is 0 Å². The third-order valence-corrected chi connectivity index (χ3v) is 5.12. The van der Waals surface area contributed by atoms with Gasteiger partial charge in [-0.3, -0.25) is 4.79 Å². The first kappa shape index (κ1) is 19.4. The van der Waals surface area contributed by atoms with Crippen molar-refractivity contribution in [3.05, 3.63) is 62.7 Å². The summed E-state index contributed by atoms with van der Waals surface area (Å²) in [5, 5.41) is 14.3. The topological polar surface area (TPSA) is 69.2 Å². The Morgan fingerprint density at radius 1 is 1.12 bits per heavy atom. The van der Waals surface area contributed by atoms with Crippen LogP contribution < -0.4 is 10.4 Å². The molecule has 0 aliphatic rings. The standard InChI is InChI=1S/C20H22INO3/c1-12-8-13(2)10-15(9-12)11-16(14(3)20(24)25)19(23)22-18-7-5-4-6-17(18)21/h4-10,14,16H,11H2,1-3H3,(H,22,23)(H,24,25)/p-1/t14-,16-/m1/s1. The summed E-state index contributed by atoms with van der Waals surface area (Å²) in [6.07, 6.45) is 0.354. The van der Waals surface area contributed by atoms with E-state index in [1.807, 2.05) is 50.2 Å². The predicted molar refractivity (Wildman–Crippen MR) is 105 cm³/mol. The van der Waals surface area contributed by atoms with Crippen LogP contribution in [0.1, 0.15) is 23.6 Å². The van der Waals surface area contributed by atoms with Crippen LogP contribution in [0, 0.1) is 29.3 Å². The molecule has 0 saturated heterocycles. The van der Waals surface area contributed by atoms with Crippen molar-refractivity contribution in [3.63, 3.8) is 0 Å². The Kier molecular flexibility index (Phi) is 6.58. The smallest absolute Gasteiger partial charge is 0.228 e. The molecule has 2 atom stereocenters. The molecule has 2 rings (SSSR count). The van der Waals surface area contributed by atoms with Crippen LogP contribution in [-0.4, -0.2) is 11.9 Å². The van der Waals surface area contributed by atoms with Crippen LogP contribution in [0.25, 0.3) is 0 Å². The number of carbonyl (C=O) groups is 2. The summed E-state index contributed by atoms with van der Waals surface area (Å²) >= 11 is 2.14. The average molecular weight is 450 g/mol. The van der Waals surface area contributed by atoms with Crippen molar-refractivity contribution in [3.8, 4) is 0 Å². The van der Waals surface area contributed by atoms with Crippen molar-refractivity contribution in [2.75, 3.05) is 5.32 Å². The molecule has 1 amide bonds. The maximum atomic E-state index is 12.8. The maximum Gasteiger partial charge on any atom is 0.228 e. The highest BCUT2D eigenvalue weighted by atomic mass is 127. The molecule has 0 radical (unpaired) electrons. The summed E-state index contributed by atoms with van der Waals surface area (Å²) in [6.45, 7) is 5.50. The first-order valence-electron chi connectivity index (χ1n) is 8.11. The number of amides is 1. The number of hydrogen-bond donors (Lipinski definition) is 1. The van der Waals surface area contributed by atoms with Gasteiger partial charge in [0.25, 0.3) is 0 Å². The SMILES string of the molecule is Cc1cc(C)cc(C[C@@H](C(=O)Nc2ccccc2I)[C@@H](C)C(=O)[O-])c1. The molecule has 2 aromatic carbocycles. The number of anilines is 1. The number of carboxylic acid groups (broad SMARTS) is 1. The number of aryl methyl sites for hydroxylation is 2. The molecule has 0 bridgehead atoms. The van der Waals surface area contributed by atoms with Crippen molar-refractivity contribution in [1.82, 2.24) is 0 Å². The number of halogens is 1. The van der Waals surface area contributed by atoms with Crippen molar-refractivity contribution < 1.29 is 14.7 Å². The van der Waals surface area contributed by atoms with E-state index >= 15 is 0 Å². The molecule has 0 saturated carbocycles. The van der Waals surface area contributed by atoms with Gasteiger partial charge in [-0.15, -0.1) is 0 Å². The van der Waals surface area contributed by atoms with E-state index in [1.165, 1.54) is 6.92 Å². The van der Waals surface area contributed by atoms with E-state index in [0.29, 0.717) is 12.1 Å². The van der Waals surface area contributed by atoms with Crippen molar-refractivity contribution >= 4 is 40.2 Å². The predicted octanol–water partition coefficient (Wildman–Crippen LogP) is 3.09. The summed E-state index contributed by atoms with van der Waals surface area (Å²) in [6, 6.07) is 13.4. The Morgan fingerprint density at radius 2 is 1.72 bits per heavy atom. The Balaban J connectivity index is 2.27. The molecule has 1 N–H and O–H groups in total. The van der Waals surface area contributed by atoms with Gasteiger partial charge in [0, 0.05) is 15.5 Å². The normalized spacial score (nSPS) is 13.1. The first-order valence-corrected chi connectivity index (χ1v) is 9.19. The fourth-order valence-electron chi connectivity index (χ4n) is 2.89. The fraction of sp³-hybridized carbons (Fsp3) is 0.300. The molecule has 2 aromatic rings. The lowest BCUT2D eigenvalue weighted by Gasteiger charge is -2.24. The quantitative estimate of drug-likeness (QED) is 0.688. The minimum Gasteiger partial charge on any atom is -0.550 e. The molecule has 4 nitrogen and oxygen atoms in total. The van der Waals surface area contributed by atoms with Crippen LogP contribution in [0.3, 0.4) is 0 Å². The molecule has 0 aliphatic carbocycles. The number of carboxylic acids is 1. The highest BCUT2D eigenvalue weighted by molar-refractivity contribution is 14.1. The summed E-state index contributed by atoms with van der Waals surface area (Å²) in [4.78, 5) is 24.2. The molecule has 5 heteroatoms. The van der Waals surface area contributed by atoms with Gasteiger partial charge in [-0.25, -0.2) is 0 Å². The second kappa shape index (κ2) is 8.47. The second-order valence-corrected chi connectivity index (χ2v) is 7.55. The van der Waals surface area contributed by atoms with Crippen LogP contribution in [0.5, 0.6) is 0 Å². The summed E-state index contributed by atoms with van der Waals surface area (Å²) in [7, 11) is 0. The van der Waals surface area contributed by atoms with Gasteiger partial charge in [0.15, 0.2) is 0 Å². The van der Waals surface area contributed by atoms with Crippen molar-refractivity contribution in [2.24, 2.45) is 11.8 Å². The number of benzene rings is 2. The molecule has 25 heavy (non-hydrogen) atoms. The van der Waals surface area contributed by atoms with Crippen LogP contribution in [0.2, 0.25) is 0 Å². The Labute approximate surface area is 161 Å². The van der Waals surface area contributed by atoms with Gasteiger partial charge in [0.05, 0.1) is 11.6 Å². The number of aliphatic carboxylic acids is 1.